The van der Waals surface area contributed by atoms with E-state index in [0.29, 0.717) is 28.2 Å². The molecule has 19 heavy (non-hydrogen) atoms. The molecule has 1 heterocycles. The van der Waals surface area contributed by atoms with Crippen molar-refractivity contribution >= 4 is 23.2 Å². The molecule has 1 fully saturated rings. The van der Waals surface area contributed by atoms with Gasteiger partial charge in [0.15, 0.2) is 16.6 Å². The molecule has 2 aliphatic rings. The van der Waals surface area contributed by atoms with E-state index in [-0.39, 0.29) is 12.7 Å². The minimum atomic E-state index is -0.279. The van der Waals surface area contributed by atoms with Crippen molar-refractivity contribution in [2.45, 2.75) is 18.9 Å². The lowest BCUT2D eigenvalue weighted by atomic mass is 10.2. The number of ether oxygens (including phenoxy) is 2. The maximum absolute atomic E-state index is 11.9. The Kier molecular flexibility index (Phi) is 3.12. The fourth-order valence-electron chi connectivity index (χ4n) is 1.67. The molecule has 0 bridgehead atoms. The smallest absolute Gasteiger partial charge is 0.269 e. The molecule has 3 rings (SSSR count). The first kappa shape index (κ1) is 12.0. The average Bonchev–Trinajstić information content (AvgIpc) is 3.09. The summed E-state index contributed by atoms with van der Waals surface area (Å²) in [6.45, 7) is 0.189. The van der Waals surface area contributed by atoms with Crippen LogP contribution in [0.2, 0.25) is 0 Å². The zero-order valence-corrected chi connectivity index (χ0v) is 10.9. The Morgan fingerprint density at radius 1 is 1.21 bits per heavy atom. The summed E-state index contributed by atoms with van der Waals surface area (Å²) in [4.78, 5) is 11.9. The molecule has 1 aliphatic heterocycles. The summed E-state index contributed by atoms with van der Waals surface area (Å²) < 4.78 is 10.4. The summed E-state index contributed by atoms with van der Waals surface area (Å²) >= 11 is 5.04. The standard InChI is InChI=1S/C12H13N3O3S/c16-11(14-15-12(19)13-8-2-3-8)7-1-4-9-10(5-7)18-6-17-9/h1,4-5,8H,2-3,6H2,(H,14,16)(H2,13,15,19). The Bertz CT molecular complexity index is 531. The van der Waals surface area contributed by atoms with Crippen molar-refractivity contribution in [2.24, 2.45) is 0 Å². The summed E-state index contributed by atoms with van der Waals surface area (Å²) in [5.74, 6) is 0.944. The van der Waals surface area contributed by atoms with Crippen molar-refractivity contribution in [3.8, 4) is 11.5 Å². The second-order valence-electron chi connectivity index (χ2n) is 4.39. The van der Waals surface area contributed by atoms with Crippen LogP contribution >= 0.6 is 12.2 Å². The topological polar surface area (TPSA) is 71.6 Å². The molecular weight excluding hydrogens is 266 g/mol. The normalized spacial score (nSPS) is 15.8. The van der Waals surface area contributed by atoms with E-state index >= 15 is 0 Å². The molecule has 6 nitrogen and oxygen atoms in total. The van der Waals surface area contributed by atoms with Gasteiger partial charge in [-0.2, -0.15) is 0 Å². The number of rotatable bonds is 2. The van der Waals surface area contributed by atoms with Gasteiger partial charge < -0.3 is 14.8 Å². The van der Waals surface area contributed by atoms with Gasteiger partial charge in [-0.1, -0.05) is 0 Å². The summed E-state index contributed by atoms with van der Waals surface area (Å²) in [5, 5.41) is 3.49. The van der Waals surface area contributed by atoms with E-state index in [1.807, 2.05) is 0 Å². The van der Waals surface area contributed by atoms with E-state index in [1.165, 1.54) is 0 Å². The van der Waals surface area contributed by atoms with Crippen molar-refractivity contribution in [3.05, 3.63) is 23.8 Å². The maximum atomic E-state index is 11.9. The number of fused-ring (bicyclic) bond motifs is 1. The molecule has 7 heteroatoms. The van der Waals surface area contributed by atoms with Crippen LogP contribution in [0, 0.1) is 0 Å². The van der Waals surface area contributed by atoms with Crippen molar-refractivity contribution in [1.29, 1.82) is 0 Å². The first-order valence-electron chi connectivity index (χ1n) is 5.99. The van der Waals surface area contributed by atoms with Crippen LogP contribution in [0.15, 0.2) is 18.2 Å². The largest absolute Gasteiger partial charge is 0.454 e. The van der Waals surface area contributed by atoms with E-state index in [2.05, 4.69) is 16.2 Å². The Labute approximate surface area is 115 Å². The highest BCUT2D eigenvalue weighted by Crippen LogP contribution is 2.32. The van der Waals surface area contributed by atoms with Gasteiger partial charge in [-0.3, -0.25) is 15.6 Å². The number of hydrazine groups is 1. The molecule has 0 aromatic heterocycles. The SMILES string of the molecule is O=C(NNC(=S)NC1CC1)c1ccc2c(c1)OCO2. The van der Waals surface area contributed by atoms with Gasteiger partial charge in [0.2, 0.25) is 6.79 Å². The van der Waals surface area contributed by atoms with Crippen molar-refractivity contribution in [3.63, 3.8) is 0 Å². The van der Waals surface area contributed by atoms with Crippen LogP contribution in [-0.4, -0.2) is 23.9 Å². The highest BCUT2D eigenvalue weighted by atomic mass is 32.1. The number of benzene rings is 1. The van der Waals surface area contributed by atoms with E-state index in [0.717, 1.165) is 12.8 Å². The molecule has 1 amide bonds. The van der Waals surface area contributed by atoms with Crippen LogP contribution < -0.4 is 25.6 Å². The first-order valence-corrected chi connectivity index (χ1v) is 6.40. The molecule has 0 atom stereocenters. The molecule has 1 aromatic carbocycles. The van der Waals surface area contributed by atoms with Gasteiger partial charge in [0.05, 0.1) is 0 Å². The monoisotopic (exact) mass is 279 g/mol. The van der Waals surface area contributed by atoms with Gasteiger partial charge in [0.1, 0.15) is 0 Å². The van der Waals surface area contributed by atoms with Crippen molar-refractivity contribution < 1.29 is 14.3 Å². The molecule has 0 unspecified atom stereocenters. The highest BCUT2D eigenvalue weighted by molar-refractivity contribution is 7.80. The van der Waals surface area contributed by atoms with Gasteiger partial charge in [0.25, 0.3) is 5.91 Å². The third kappa shape index (κ3) is 2.87. The molecule has 0 radical (unpaired) electrons. The average molecular weight is 279 g/mol. The predicted molar refractivity (Wildman–Crippen MR) is 71.9 cm³/mol. The van der Waals surface area contributed by atoms with Gasteiger partial charge in [-0.05, 0) is 43.3 Å². The zero-order valence-electron chi connectivity index (χ0n) is 10.1. The molecule has 1 aliphatic carbocycles. The number of hydrogen-bond acceptors (Lipinski definition) is 4. The van der Waals surface area contributed by atoms with Gasteiger partial charge >= 0.3 is 0 Å². The third-order valence-corrected chi connectivity index (χ3v) is 3.06. The van der Waals surface area contributed by atoms with E-state index in [4.69, 9.17) is 21.7 Å². The molecule has 1 aromatic rings. The van der Waals surface area contributed by atoms with Crippen LogP contribution in [-0.2, 0) is 0 Å². The summed E-state index contributed by atoms with van der Waals surface area (Å²) in [5.41, 5.74) is 5.68. The zero-order chi connectivity index (χ0) is 13.2. The van der Waals surface area contributed by atoms with Crippen LogP contribution in [0.4, 0.5) is 0 Å². The van der Waals surface area contributed by atoms with Crippen molar-refractivity contribution in [2.75, 3.05) is 6.79 Å². The summed E-state index contributed by atoms with van der Waals surface area (Å²) in [6.07, 6.45) is 2.25. The van der Waals surface area contributed by atoms with E-state index in [1.54, 1.807) is 18.2 Å². The van der Waals surface area contributed by atoms with Gasteiger partial charge in [0, 0.05) is 11.6 Å². The third-order valence-electron chi connectivity index (χ3n) is 2.84. The number of hydrogen-bond donors (Lipinski definition) is 3. The number of nitrogens with one attached hydrogen (secondary N) is 3. The van der Waals surface area contributed by atoms with Crippen LogP contribution in [0.1, 0.15) is 23.2 Å². The first-order chi connectivity index (χ1) is 9.22. The van der Waals surface area contributed by atoms with E-state index < -0.39 is 0 Å². The van der Waals surface area contributed by atoms with Crippen LogP contribution in [0.5, 0.6) is 11.5 Å². The minimum absolute atomic E-state index is 0.189. The molecule has 0 saturated heterocycles. The summed E-state index contributed by atoms with van der Waals surface area (Å²) in [7, 11) is 0. The lowest BCUT2D eigenvalue weighted by molar-refractivity contribution is 0.0943. The molecule has 100 valence electrons. The number of thiocarbonyl (C=S) groups is 1. The van der Waals surface area contributed by atoms with Crippen LogP contribution in [0.3, 0.4) is 0 Å². The van der Waals surface area contributed by atoms with Gasteiger partial charge in [-0.15, -0.1) is 0 Å². The Morgan fingerprint density at radius 2 is 2.00 bits per heavy atom. The number of amides is 1. The molecular formula is C12H13N3O3S. The Balaban J connectivity index is 1.56. The second-order valence-corrected chi connectivity index (χ2v) is 4.80. The van der Waals surface area contributed by atoms with Crippen LogP contribution in [0.25, 0.3) is 0 Å². The second kappa shape index (κ2) is 4.93. The fraction of sp³-hybridized carbons (Fsp3) is 0.333. The van der Waals surface area contributed by atoms with E-state index in [9.17, 15) is 4.79 Å². The lowest BCUT2D eigenvalue weighted by Gasteiger charge is -2.10. The Morgan fingerprint density at radius 3 is 2.79 bits per heavy atom. The lowest BCUT2D eigenvalue weighted by Crippen LogP contribution is -2.47. The number of carbonyl (C=O) groups excluding carboxylic acids is 1. The summed E-state index contributed by atoms with van der Waals surface area (Å²) in [6, 6.07) is 5.46. The molecule has 0 spiro atoms. The Hall–Kier alpha value is -2.02. The van der Waals surface area contributed by atoms with Gasteiger partial charge in [-0.25, -0.2) is 0 Å². The highest BCUT2D eigenvalue weighted by Gasteiger charge is 2.22. The molecule has 1 saturated carbocycles. The quantitative estimate of drug-likeness (QED) is 0.546. The number of carbonyl (C=O) groups is 1. The maximum Gasteiger partial charge on any atom is 0.269 e. The van der Waals surface area contributed by atoms with Crippen molar-refractivity contribution in [1.82, 2.24) is 16.2 Å². The predicted octanol–water partition coefficient (Wildman–Crippen LogP) is 0.687. The minimum Gasteiger partial charge on any atom is -0.454 e. The molecule has 3 N–H and O–H groups in total. The fourth-order valence-corrected chi connectivity index (χ4v) is 1.89.